The number of rotatable bonds is 9. The Bertz CT molecular complexity index is 1180. The van der Waals surface area contributed by atoms with Gasteiger partial charge < -0.3 is 15.2 Å². The van der Waals surface area contributed by atoms with E-state index in [9.17, 15) is 9.59 Å². The van der Waals surface area contributed by atoms with Crippen LogP contribution in [0.1, 0.15) is 29.4 Å². The van der Waals surface area contributed by atoms with Crippen LogP contribution in [0, 0.1) is 13.8 Å². The van der Waals surface area contributed by atoms with Crippen LogP contribution in [0.25, 0.3) is 6.08 Å². The molecule has 9 heteroatoms. The summed E-state index contributed by atoms with van der Waals surface area (Å²) in [5.74, 6) is 0.453. The number of nitrogens with one attached hydrogen (secondary N) is 2. The number of nitrogens with zero attached hydrogens (tertiary/aromatic N) is 3. The van der Waals surface area contributed by atoms with E-state index in [0.717, 1.165) is 22.4 Å². The Hall–Kier alpha value is -3.10. The molecule has 2 amide bonds. The number of benzene rings is 2. The fraction of sp³-hybridized carbons (Fsp3) is 0.250. The smallest absolute Gasteiger partial charge is 0.244 e. The van der Waals surface area contributed by atoms with Crippen molar-refractivity contribution in [3.8, 4) is 0 Å². The van der Waals surface area contributed by atoms with E-state index >= 15 is 0 Å². The van der Waals surface area contributed by atoms with Gasteiger partial charge in [-0.3, -0.25) is 9.59 Å². The SMILES string of the molecule is CCn1c(CNC(=O)/C=C/c2ccccc2Cl)nnc1SCC(=O)Nc1cccc(C)c1C. The predicted octanol–water partition coefficient (Wildman–Crippen LogP) is 4.63. The largest absolute Gasteiger partial charge is 0.345 e. The molecule has 0 spiro atoms. The van der Waals surface area contributed by atoms with Gasteiger partial charge in [0.1, 0.15) is 0 Å². The Kier molecular flexibility index (Phi) is 8.68. The highest BCUT2D eigenvalue weighted by atomic mass is 35.5. The van der Waals surface area contributed by atoms with E-state index in [-0.39, 0.29) is 24.1 Å². The van der Waals surface area contributed by atoms with Crippen LogP contribution in [0.4, 0.5) is 5.69 Å². The first-order chi connectivity index (χ1) is 15.9. The molecule has 7 nitrogen and oxygen atoms in total. The van der Waals surface area contributed by atoms with Crippen LogP contribution >= 0.6 is 23.4 Å². The van der Waals surface area contributed by atoms with E-state index in [1.54, 1.807) is 12.1 Å². The summed E-state index contributed by atoms with van der Waals surface area (Å²) in [5, 5.41) is 15.3. The summed E-state index contributed by atoms with van der Waals surface area (Å²) < 4.78 is 1.88. The number of aromatic nitrogens is 3. The fourth-order valence-electron chi connectivity index (χ4n) is 3.08. The van der Waals surface area contributed by atoms with Gasteiger partial charge in [0.25, 0.3) is 0 Å². The molecule has 0 fully saturated rings. The molecule has 3 rings (SSSR count). The lowest BCUT2D eigenvalue weighted by atomic mass is 10.1. The normalized spacial score (nSPS) is 11.0. The molecule has 0 aliphatic carbocycles. The van der Waals surface area contributed by atoms with Crippen LogP contribution in [0.15, 0.2) is 53.7 Å². The number of carbonyl (C=O) groups is 2. The number of halogens is 1. The van der Waals surface area contributed by atoms with Gasteiger partial charge in [-0.1, -0.05) is 53.7 Å². The van der Waals surface area contributed by atoms with Crippen molar-refractivity contribution in [2.24, 2.45) is 0 Å². The first kappa shape index (κ1) is 24.5. The Morgan fingerprint density at radius 1 is 1.12 bits per heavy atom. The first-order valence-electron chi connectivity index (χ1n) is 10.5. The van der Waals surface area contributed by atoms with Crippen molar-refractivity contribution in [1.29, 1.82) is 0 Å². The van der Waals surface area contributed by atoms with Gasteiger partial charge in [-0.05, 0) is 55.7 Å². The molecule has 3 aromatic rings. The molecule has 0 atom stereocenters. The average Bonchev–Trinajstić information content (AvgIpc) is 3.20. The summed E-state index contributed by atoms with van der Waals surface area (Å²) in [6.45, 7) is 6.80. The van der Waals surface area contributed by atoms with E-state index in [2.05, 4.69) is 20.8 Å². The second kappa shape index (κ2) is 11.7. The molecular formula is C24H26ClN5O2S. The Balaban J connectivity index is 1.55. The van der Waals surface area contributed by atoms with Gasteiger partial charge in [0, 0.05) is 23.3 Å². The standard InChI is InChI=1S/C24H26ClN5O2S/c1-4-30-21(14-26-22(31)13-12-18-9-5-6-10-19(18)25)28-29-24(30)33-15-23(32)27-20-11-7-8-16(2)17(20)3/h5-13H,4,14-15H2,1-3H3,(H,26,31)(H,27,32)/b13-12+. The Labute approximate surface area is 202 Å². The van der Waals surface area contributed by atoms with Crippen molar-refractivity contribution in [2.75, 3.05) is 11.1 Å². The third-order valence-electron chi connectivity index (χ3n) is 5.06. The van der Waals surface area contributed by atoms with Crippen molar-refractivity contribution >= 4 is 46.9 Å². The van der Waals surface area contributed by atoms with Gasteiger partial charge >= 0.3 is 0 Å². The second-order valence-corrected chi connectivity index (χ2v) is 8.65. The number of aryl methyl sites for hydroxylation is 1. The highest BCUT2D eigenvalue weighted by molar-refractivity contribution is 7.99. The van der Waals surface area contributed by atoms with E-state index in [4.69, 9.17) is 11.6 Å². The van der Waals surface area contributed by atoms with Crippen LogP contribution in [0.5, 0.6) is 0 Å². The van der Waals surface area contributed by atoms with E-state index < -0.39 is 0 Å². The van der Waals surface area contributed by atoms with Crippen molar-refractivity contribution in [1.82, 2.24) is 20.1 Å². The summed E-state index contributed by atoms with van der Waals surface area (Å²) in [7, 11) is 0. The quantitative estimate of drug-likeness (QED) is 0.342. The first-order valence-corrected chi connectivity index (χ1v) is 11.9. The third kappa shape index (κ3) is 6.69. The lowest BCUT2D eigenvalue weighted by molar-refractivity contribution is -0.116. The summed E-state index contributed by atoms with van der Waals surface area (Å²) in [4.78, 5) is 24.6. The van der Waals surface area contributed by atoms with Crippen LogP contribution in [0.2, 0.25) is 5.02 Å². The molecule has 33 heavy (non-hydrogen) atoms. The van der Waals surface area contributed by atoms with E-state index in [0.29, 0.717) is 22.5 Å². The van der Waals surface area contributed by atoms with Gasteiger partial charge in [0.15, 0.2) is 11.0 Å². The van der Waals surface area contributed by atoms with Crippen molar-refractivity contribution < 1.29 is 9.59 Å². The number of thioether (sulfide) groups is 1. The topological polar surface area (TPSA) is 88.9 Å². The lowest BCUT2D eigenvalue weighted by Crippen LogP contribution is -2.22. The van der Waals surface area contributed by atoms with Gasteiger partial charge in [0.05, 0.1) is 12.3 Å². The zero-order chi connectivity index (χ0) is 23.8. The zero-order valence-corrected chi connectivity index (χ0v) is 20.3. The number of hydrogen-bond donors (Lipinski definition) is 2. The Morgan fingerprint density at radius 2 is 1.91 bits per heavy atom. The summed E-state index contributed by atoms with van der Waals surface area (Å²) in [5.41, 5.74) is 3.75. The number of hydrogen-bond acceptors (Lipinski definition) is 5. The van der Waals surface area contributed by atoms with E-state index in [1.807, 2.05) is 61.7 Å². The summed E-state index contributed by atoms with van der Waals surface area (Å²) in [6.07, 6.45) is 3.10. The molecule has 2 N–H and O–H groups in total. The molecule has 1 aromatic heterocycles. The van der Waals surface area contributed by atoms with Crippen molar-refractivity contribution in [3.05, 3.63) is 76.1 Å². The molecule has 0 unspecified atom stereocenters. The maximum atomic E-state index is 12.4. The molecule has 2 aromatic carbocycles. The second-order valence-electron chi connectivity index (χ2n) is 7.30. The molecule has 0 bridgehead atoms. The molecule has 0 aliphatic rings. The van der Waals surface area contributed by atoms with Gasteiger partial charge in [-0.15, -0.1) is 10.2 Å². The molecular weight excluding hydrogens is 458 g/mol. The lowest BCUT2D eigenvalue weighted by Gasteiger charge is -2.10. The molecule has 1 heterocycles. The van der Waals surface area contributed by atoms with E-state index in [1.165, 1.54) is 17.8 Å². The molecule has 172 valence electrons. The number of amides is 2. The molecule has 0 saturated heterocycles. The summed E-state index contributed by atoms with van der Waals surface area (Å²) >= 11 is 7.41. The molecule has 0 aliphatic heterocycles. The minimum Gasteiger partial charge on any atom is -0.345 e. The number of carbonyl (C=O) groups excluding carboxylic acids is 2. The minimum absolute atomic E-state index is 0.112. The summed E-state index contributed by atoms with van der Waals surface area (Å²) in [6, 6.07) is 13.1. The maximum Gasteiger partial charge on any atom is 0.244 e. The van der Waals surface area contributed by atoms with Crippen LogP contribution in [0.3, 0.4) is 0 Å². The average molecular weight is 484 g/mol. The monoisotopic (exact) mass is 483 g/mol. The van der Waals surface area contributed by atoms with Gasteiger partial charge in [-0.2, -0.15) is 0 Å². The highest BCUT2D eigenvalue weighted by Gasteiger charge is 2.14. The van der Waals surface area contributed by atoms with Gasteiger partial charge in [-0.25, -0.2) is 0 Å². The highest BCUT2D eigenvalue weighted by Crippen LogP contribution is 2.21. The predicted molar refractivity (Wildman–Crippen MR) is 133 cm³/mol. The zero-order valence-electron chi connectivity index (χ0n) is 18.8. The van der Waals surface area contributed by atoms with Crippen molar-refractivity contribution in [3.63, 3.8) is 0 Å². The fourth-order valence-corrected chi connectivity index (χ4v) is 4.10. The third-order valence-corrected chi connectivity index (χ3v) is 6.37. The van der Waals surface area contributed by atoms with Crippen molar-refractivity contribution in [2.45, 2.75) is 39.0 Å². The molecule has 0 saturated carbocycles. The Morgan fingerprint density at radius 3 is 2.67 bits per heavy atom. The van der Waals surface area contributed by atoms with Crippen LogP contribution < -0.4 is 10.6 Å². The molecule has 0 radical (unpaired) electrons. The number of anilines is 1. The van der Waals surface area contributed by atoms with Crippen LogP contribution in [-0.2, 0) is 22.7 Å². The van der Waals surface area contributed by atoms with Gasteiger partial charge in [0.2, 0.25) is 11.8 Å². The minimum atomic E-state index is -0.261. The van der Waals surface area contributed by atoms with Crippen LogP contribution in [-0.4, -0.2) is 32.3 Å². The maximum absolute atomic E-state index is 12.4.